The molecule has 1 atom stereocenters. The van der Waals surface area contributed by atoms with E-state index >= 15 is 0 Å². The summed E-state index contributed by atoms with van der Waals surface area (Å²) < 4.78 is 2.06. The highest BCUT2D eigenvalue weighted by Gasteiger charge is 2.46. The monoisotopic (exact) mass is 279 g/mol. The number of likely N-dealkylation sites (N-methyl/N-ethyl adjacent to an activating group) is 1. The third-order valence-corrected chi connectivity index (χ3v) is 4.91. The molecule has 1 aliphatic rings. The maximum absolute atomic E-state index is 5.98. The summed E-state index contributed by atoms with van der Waals surface area (Å²) in [6.45, 7) is 9.63. The summed E-state index contributed by atoms with van der Waals surface area (Å²) in [6.07, 6.45) is 6.87. The lowest BCUT2D eigenvalue weighted by Crippen LogP contribution is -2.56. The van der Waals surface area contributed by atoms with Crippen molar-refractivity contribution in [2.45, 2.75) is 64.6 Å². The highest BCUT2D eigenvalue weighted by molar-refractivity contribution is 5.17. The molecule has 0 spiro atoms. The maximum Gasteiger partial charge on any atom is 0.0812 e. The number of hydrogen-bond donors (Lipinski definition) is 2. The third kappa shape index (κ3) is 2.50. The van der Waals surface area contributed by atoms with Crippen LogP contribution in [-0.2, 0) is 6.54 Å². The van der Waals surface area contributed by atoms with E-state index in [1.54, 1.807) is 0 Å². The summed E-state index contributed by atoms with van der Waals surface area (Å²) in [6, 6.07) is 2.25. The van der Waals surface area contributed by atoms with Crippen LogP contribution in [0.25, 0.3) is 0 Å². The molecule has 20 heavy (non-hydrogen) atoms. The van der Waals surface area contributed by atoms with Crippen molar-refractivity contribution in [3.8, 4) is 0 Å². The third-order valence-electron chi connectivity index (χ3n) is 4.91. The standard InChI is InChI=1S/C15H29N5/c1-4-19(5-2)15(10-7-8-11-15)14(18-16)13-9-12-17-20(13)6-3/h9,12,14,18H,4-8,10-11,16H2,1-3H3. The Kier molecular flexibility index (Phi) is 5.18. The van der Waals surface area contributed by atoms with Crippen molar-refractivity contribution < 1.29 is 0 Å². The van der Waals surface area contributed by atoms with E-state index in [0.717, 1.165) is 19.6 Å². The zero-order chi connectivity index (χ0) is 14.6. The summed E-state index contributed by atoms with van der Waals surface area (Å²) in [7, 11) is 0. The van der Waals surface area contributed by atoms with Crippen molar-refractivity contribution in [1.82, 2.24) is 20.1 Å². The molecule has 1 saturated carbocycles. The summed E-state index contributed by atoms with van der Waals surface area (Å²) in [5.74, 6) is 5.98. The molecular formula is C15H29N5. The average Bonchev–Trinajstić information content (AvgIpc) is 3.11. The molecule has 0 amide bonds. The molecule has 1 unspecified atom stereocenters. The largest absolute Gasteiger partial charge is 0.296 e. The van der Waals surface area contributed by atoms with E-state index < -0.39 is 0 Å². The van der Waals surface area contributed by atoms with Gasteiger partial charge in [0.25, 0.3) is 0 Å². The Morgan fingerprint density at radius 3 is 2.50 bits per heavy atom. The van der Waals surface area contributed by atoms with Crippen LogP contribution in [0.5, 0.6) is 0 Å². The first-order chi connectivity index (χ1) is 9.73. The Bertz CT molecular complexity index is 404. The molecule has 2 rings (SSSR count). The lowest BCUT2D eigenvalue weighted by Gasteiger charge is -2.46. The van der Waals surface area contributed by atoms with Crippen LogP contribution in [0.2, 0.25) is 0 Å². The van der Waals surface area contributed by atoms with Crippen LogP contribution in [0, 0.1) is 0 Å². The fraction of sp³-hybridized carbons (Fsp3) is 0.800. The van der Waals surface area contributed by atoms with E-state index in [2.05, 4.69) is 46.9 Å². The molecular weight excluding hydrogens is 250 g/mol. The molecule has 1 aromatic heterocycles. The Morgan fingerprint density at radius 1 is 1.35 bits per heavy atom. The SMILES string of the molecule is CCN(CC)C1(C(NN)c2ccnn2CC)CCCC1. The van der Waals surface area contributed by atoms with Crippen LogP contribution in [0.4, 0.5) is 0 Å². The van der Waals surface area contributed by atoms with E-state index in [1.807, 2.05) is 6.20 Å². The Morgan fingerprint density at radius 2 is 2.00 bits per heavy atom. The van der Waals surface area contributed by atoms with E-state index in [0.29, 0.717) is 0 Å². The predicted octanol–water partition coefficient (Wildman–Crippen LogP) is 2.06. The minimum atomic E-state index is 0.130. The van der Waals surface area contributed by atoms with Gasteiger partial charge in [-0.2, -0.15) is 5.10 Å². The van der Waals surface area contributed by atoms with E-state index in [1.165, 1.54) is 31.4 Å². The summed E-state index contributed by atoms with van der Waals surface area (Å²) >= 11 is 0. The van der Waals surface area contributed by atoms with Gasteiger partial charge in [-0.3, -0.25) is 15.4 Å². The van der Waals surface area contributed by atoms with Gasteiger partial charge in [-0.1, -0.05) is 26.7 Å². The second-order valence-corrected chi connectivity index (χ2v) is 5.65. The van der Waals surface area contributed by atoms with Gasteiger partial charge in [0, 0.05) is 18.3 Å². The van der Waals surface area contributed by atoms with Gasteiger partial charge in [0.2, 0.25) is 0 Å². The molecule has 0 aliphatic heterocycles. The normalized spacial score (nSPS) is 19.6. The van der Waals surface area contributed by atoms with Gasteiger partial charge in [0.05, 0.1) is 11.7 Å². The molecule has 5 heteroatoms. The summed E-state index contributed by atoms with van der Waals surface area (Å²) in [4.78, 5) is 2.58. The van der Waals surface area contributed by atoms with Crippen LogP contribution in [0.3, 0.4) is 0 Å². The highest BCUT2D eigenvalue weighted by Crippen LogP contribution is 2.44. The van der Waals surface area contributed by atoms with Crippen molar-refractivity contribution >= 4 is 0 Å². The number of nitrogens with one attached hydrogen (secondary N) is 1. The first kappa shape index (κ1) is 15.5. The molecule has 3 N–H and O–H groups in total. The number of hydrogen-bond acceptors (Lipinski definition) is 4. The fourth-order valence-corrected chi connectivity index (χ4v) is 4.00. The number of aromatic nitrogens is 2. The van der Waals surface area contributed by atoms with Gasteiger partial charge in [-0.05, 0) is 38.9 Å². The van der Waals surface area contributed by atoms with E-state index in [4.69, 9.17) is 5.84 Å². The van der Waals surface area contributed by atoms with Gasteiger partial charge in [0.1, 0.15) is 0 Å². The number of hydrazine groups is 1. The van der Waals surface area contributed by atoms with Crippen LogP contribution in [-0.4, -0.2) is 33.3 Å². The number of rotatable bonds is 7. The molecule has 1 aromatic rings. The van der Waals surface area contributed by atoms with Crippen LogP contribution in [0.1, 0.15) is 58.2 Å². The number of nitrogens with zero attached hydrogens (tertiary/aromatic N) is 3. The van der Waals surface area contributed by atoms with Gasteiger partial charge in [0.15, 0.2) is 0 Å². The maximum atomic E-state index is 5.98. The second kappa shape index (κ2) is 6.70. The van der Waals surface area contributed by atoms with Gasteiger partial charge in [-0.15, -0.1) is 0 Å². The summed E-state index contributed by atoms with van der Waals surface area (Å²) in [5.41, 5.74) is 4.45. The van der Waals surface area contributed by atoms with Crippen molar-refractivity contribution in [2.24, 2.45) is 5.84 Å². The molecule has 0 saturated heterocycles. The lowest BCUT2D eigenvalue weighted by molar-refractivity contribution is 0.0593. The fourth-order valence-electron chi connectivity index (χ4n) is 4.00. The number of aryl methyl sites for hydroxylation is 1. The minimum absolute atomic E-state index is 0.130. The average molecular weight is 279 g/mol. The highest BCUT2D eigenvalue weighted by atomic mass is 15.4. The minimum Gasteiger partial charge on any atom is -0.296 e. The molecule has 5 nitrogen and oxygen atoms in total. The number of nitrogens with two attached hydrogens (primary N) is 1. The van der Waals surface area contributed by atoms with Gasteiger partial charge < -0.3 is 0 Å². The molecule has 0 bridgehead atoms. The Hall–Kier alpha value is -0.910. The molecule has 0 aromatic carbocycles. The Balaban J connectivity index is 2.40. The van der Waals surface area contributed by atoms with Crippen LogP contribution < -0.4 is 11.3 Å². The lowest BCUT2D eigenvalue weighted by atomic mass is 9.84. The smallest absolute Gasteiger partial charge is 0.0812 e. The topological polar surface area (TPSA) is 59.1 Å². The molecule has 1 heterocycles. The molecule has 114 valence electrons. The second-order valence-electron chi connectivity index (χ2n) is 5.65. The van der Waals surface area contributed by atoms with Gasteiger partial charge >= 0.3 is 0 Å². The van der Waals surface area contributed by atoms with E-state index in [-0.39, 0.29) is 11.6 Å². The zero-order valence-electron chi connectivity index (χ0n) is 13.1. The van der Waals surface area contributed by atoms with Crippen LogP contribution in [0.15, 0.2) is 12.3 Å². The predicted molar refractivity (Wildman–Crippen MR) is 82.1 cm³/mol. The molecule has 0 radical (unpaired) electrons. The summed E-state index contributed by atoms with van der Waals surface area (Å²) in [5, 5.41) is 4.42. The zero-order valence-corrected chi connectivity index (χ0v) is 13.1. The van der Waals surface area contributed by atoms with Crippen molar-refractivity contribution in [3.05, 3.63) is 18.0 Å². The Labute approximate surface area is 122 Å². The molecule has 1 fully saturated rings. The van der Waals surface area contributed by atoms with E-state index in [9.17, 15) is 0 Å². The first-order valence-corrected chi connectivity index (χ1v) is 7.96. The first-order valence-electron chi connectivity index (χ1n) is 7.96. The van der Waals surface area contributed by atoms with Crippen molar-refractivity contribution in [2.75, 3.05) is 13.1 Å². The van der Waals surface area contributed by atoms with Gasteiger partial charge in [-0.25, -0.2) is 5.43 Å². The van der Waals surface area contributed by atoms with Crippen LogP contribution >= 0.6 is 0 Å². The molecule has 1 aliphatic carbocycles. The van der Waals surface area contributed by atoms with Crippen molar-refractivity contribution in [1.29, 1.82) is 0 Å². The van der Waals surface area contributed by atoms with Crippen molar-refractivity contribution in [3.63, 3.8) is 0 Å². The quantitative estimate of drug-likeness (QED) is 0.592.